The first-order valence-electron chi connectivity index (χ1n) is 9.15. The number of aromatic nitrogens is 2. The van der Waals surface area contributed by atoms with E-state index in [1.165, 1.54) is 11.0 Å². The fourth-order valence-corrected chi connectivity index (χ4v) is 3.81. The Labute approximate surface area is 164 Å². The number of hydrogen-bond acceptors (Lipinski definition) is 3. The van der Waals surface area contributed by atoms with E-state index in [4.69, 9.17) is 10.7 Å². The van der Waals surface area contributed by atoms with Crippen LogP contribution in [-0.2, 0) is 6.54 Å². The Kier molecular flexibility index (Phi) is 6.02. The summed E-state index contributed by atoms with van der Waals surface area (Å²) in [6.07, 6.45) is 3.49. The first kappa shape index (κ1) is 19.6. The number of allylic oxidation sites excluding steroid dienone is 1. The number of benzene rings is 1. The number of nitrogens with two attached hydrogens (primary N) is 1. The van der Waals surface area contributed by atoms with Crippen molar-refractivity contribution in [1.82, 2.24) is 9.55 Å². The van der Waals surface area contributed by atoms with E-state index in [1.807, 2.05) is 17.6 Å². The molecule has 0 fully saturated rings. The standard InChI is InChI=1S/C22H26FN3S/c1-14(2)19-8-9-20-22(25-19)21(16-6-5-7-18(12-16)27-4)15(3)26(20)13-17(23)10-11-24/h5-10,12,14H,11,13,24H2,1-4H3/b17-10-. The number of hydrogen-bond donors (Lipinski definition) is 1. The van der Waals surface area contributed by atoms with Gasteiger partial charge in [0.05, 0.1) is 17.6 Å². The number of fused-ring (bicyclic) bond motifs is 1. The highest BCUT2D eigenvalue weighted by atomic mass is 32.2. The predicted octanol–water partition coefficient (Wildman–Crippen LogP) is 5.67. The summed E-state index contributed by atoms with van der Waals surface area (Å²) >= 11 is 1.71. The van der Waals surface area contributed by atoms with Gasteiger partial charge in [0.2, 0.25) is 0 Å². The molecule has 0 bridgehead atoms. The lowest BCUT2D eigenvalue weighted by atomic mass is 10.0. The van der Waals surface area contributed by atoms with Crippen LogP contribution in [0.5, 0.6) is 0 Å². The van der Waals surface area contributed by atoms with Gasteiger partial charge in [-0.15, -0.1) is 11.8 Å². The predicted molar refractivity (Wildman–Crippen MR) is 114 cm³/mol. The van der Waals surface area contributed by atoms with Crippen molar-refractivity contribution >= 4 is 22.8 Å². The van der Waals surface area contributed by atoms with Gasteiger partial charge in [0.1, 0.15) is 5.83 Å². The summed E-state index contributed by atoms with van der Waals surface area (Å²) < 4.78 is 16.3. The summed E-state index contributed by atoms with van der Waals surface area (Å²) in [6.45, 7) is 6.67. The number of halogens is 1. The second-order valence-corrected chi connectivity index (χ2v) is 7.80. The van der Waals surface area contributed by atoms with E-state index in [0.29, 0.717) is 5.92 Å². The van der Waals surface area contributed by atoms with Crippen LogP contribution in [0.25, 0.3) is 22.2 Å². The number of thioether (sulfide) groups is 1. The molecule has 0 saturated carbocycles. The van der Waals surface area contributed by atoms with E-state index in [1.54, 1.807) is 11.8 Å². The molecule has 27 heavy (non-hydrogen) atoms. The lowest BCUT2D eigenvalue weighted by molar-refractivity contribution is 0.555. The number of nitrogens with zero attached hydrogens (tertiary/aromatic N) is 2. The Morgan fingerprint density at radius 2 is 2.07 bits per heavy atom. The monoisotopic (exact) mass is 383 g/mol. The second kappa shape index (κ2) is 8.28. The van der Waals surface area contributed by atoms with E-state index in [0.717, 1.165) is 33.5 Å². The van der Waals surface area contributed by atoms with Gasteiger partial charge in [-0.1, -0.05) is 26.0 Å². The van der Waals surface area contributed by atoms with Crippen molar-refractivity contribution in [2.24, 2.45) is 5.73 Å². The van der Waals surface area contributed by atoms with Crippen molar-refractivity contribution in [3.8, 4) is 11.1 Å². The molecule has 0 aliphatic heterocycles. The molecule has 0 saturated heterocycles. The van der Waals surface area contributed by atoms with E-state index in [-0.39, 0.29) is 18.9 Å². The van der Waals surface area contributed by atoms with Gasteiger partial charge in [0.15, 0.2) is 0 Å². The van der Waals surface area contributed by atoms with E-state index in [9.17, 15) is 4.39 Å². The summed E-state index contributed by atoms with van der Waals surface area (Å²) in [5, 5.41) is 0. The molecule has 142 valence electrons. The molecule has 0 aliphatic carbocycles. The molecule has 3 nitrogen and oxygen atoms in total. The molecule has 1 aromatic carbocycles. The van der Waals surface area contributed by atoms with E-state index in [2.05, 4.69) is 50.4 Å². The van der Waals surface area contributed by atoms with Crippen LogP contribution in [0.4, 0.5) is 4.39 Å². The molecule has 2 heterocycles. The summed E-state index contributed by atoms with van der Waals surface area (Å²) in [5.74, 6) is 0.104. The third-order valence-corrected chi connectivity index (χ3v) is 5.51. The Bertz CT molecular complexity index is 989. The summed E-state index contributed by atoms with van der Waals surface area (Å²) in [6, 6.07) is 12.5. The van der Waals surface area contributed by atoms with E-state index >= 15 is 0 Å². The van der Waals surface area contributed by atoms with Crippen molar-refractivity contribution in [3.05, 3.63) is 59.7 Å². The Hall–Kier alpha value is -2.11. The Morgan fingerprint density at radius 1 is 1.30 bits per heavy atom. The van der Waals surface area contributed by atoms with Gasteiger partial charge >= 0.3 is 0 Å². The average Bonchev–Trinajstić information content (AvgIpc) is 2.93. The minimum Gasteiger partial charge on any atom is -0.336 e. The molecular formula is C22H26FN3S. The molecule has 2 aromatic heterocycles. The minimum atomic E-state index is -0.227. The average molecular weight is 384 g/mol. The van der Waals surface area contributed by atoms with Crippen LogP contribution in [0.15, 0.2) is 53.2 Å². The van der Waals surface area contributed by atoms with Crippen LogP contribution < -0.4 is 5.73 Å². The van der Waals surface area contributed by atoms with Gasteiger partial charge < -0.3 is 10.3 Å². The highest BCUT2D eigenvalue weighted by Crippen LogP contribution is 2.36. The molecule has 3 aromatic rings. The molecular weight excluding hydrogens is 357 g/mol. The van der Waals surface area contributed by atoms with Gasteiger partial charge in [0, 0.05) is 28.4 Å². The fourth-order valence-electron chi connectivity index (χ4n) is 3.35. The van der Waals surface area contributed by atoms with Crippen LogP contribution in [0.3, 0.4) is 0 Å². The van der Waals surface area contributed by atoms with Gasteiger partial charge in [-0.25, -0.2) is 4.39 Å². The first-order chi connectivity index (χ1) is 13.0. The van der Waals surface area contributed by atoms with Gasteiger partial charge in [-0.3, -0.25) is 4.98 Å². The Balaban J connectivity index is 2.28. The van der Waals surface area contributed by atoms with Crippen LogP contribution in [0.2, 0.25) is 0 Å². The highest BCUT2D eigenvalue weighted by molar-refractivity contribution is 7.98. The normalized spacial score (nSPS) is 12.3. The largest absolute Gasteiger partial charge is 0.336 e. The second-order valence-electron chi connectivity index (χ2n) is 6.92. The zero-order valence-electron chi connectivity index (χ0n) is 16.3. The molecule has 3 rings (SSSR count). The SMILES string of the molecule is CSc1cccc(-c2c(C)n(C/C(F)=C/CN)c3ccc(C(C)C)nc23)c1. The van der Waals surface area contributed by atoms with Crippen molar-refractivity contribution in [2.45, 2.75) is 38.1 Å². The quantitative estimate of drug-likeness (QED) is 0.558. The molecule has 0 amide bonds. The third kappa shape index (κ3) is 3.94. The molecule has 2 N–H and O–H groups in total. The maximum absolute atomic E-state index is 14.3. The van der Waals surface area contributed by atoms with Crippen molar-refractivity contribution in [1.29, 1.82) is 0 Å². The van der Waals surface area contributed by atoms with Gasteiger partial charge in [-0.05, 0) is 55.0 Å². The molecule has 0 aliphatic rings. The molecule has 0 radical (unpaired) electrons. The smallest absolute Gasteiger partial charge is 0.117 e. The number of pyridine rings is 1. The van der Waals surface area contributed by atoms with Crippen LogP contribution in [0.1, 0.15) is 31.2 Å². The maximum Gasteiger partial charge on any atom is 0.117 e. The molecule has 5 heteroatoms. The lowest BCUT2D eigenvalue weighted by Gasteiger charge is -2.08. The molecule has 0 unspecified atom stereocenters. The lowest BCUT2D eigenvalue weighted by Crippen LogP contribution is -2.03. The highest BCUT2D eigenvalue weighted by Gasteiger charge is 2.19. The van der Waals surface area contributed by atoms with Crippen molar-refractivity contribution in [3.63, 3.8) is 0 Å². The summed E-state index contributed by atoms with van der Waals surface area (Å²) in [7, 11) is 0. The minimum absolute atomic E-state index is 0.171. The van der Waals surface area contributed by atoms with Crippen molar-refractivity contribution < 1.29 is 4.39 Å². The summed E-state index contributed by atoms with van der Waals surface area (Å²) in [4.78, 5) is 6.14. The van der Waals surface area contributed by atoms with Gasteiger partial charge in [0.25, 0.3) is 0 Å². The summed E-state index contributed by atoms with van der Waals surface area (Å²) in [5.41, 5.74) is 11.6. The zero-order valence-corrected chi connectivity index (χ0v) is 17.1. The van der Waals surface area contributed by atoms with Crippen LogP contribution in [-0.4, -0.2) is 22.4 Å². The Morgan fingerprint density at radius 3 is 2.74 bits per heavy atom. The fraction of sp³-hybridized carbons (Fsp3) is 0.318. The van der Waals surface area contributed by atoms with E-state index < -0.39 is 0 Å². The van der Waals surface area contributed by atoms with Crippen molar-refractivity contribution in [2.75, 3.05) is 12.8 Å². The van der Waals surface area contributed by atoms with Crippen LogP contribution in [0, 0.1) is 6.92 Å². The molecule has 0 spiro atoms. The van der Waals surface area contributed by atoms with Crippen LogP contribution >= 0.6 is 11.8 Å². The zero-order chi connectivity index (χ0) is 19.6. The first-order valence-corrected chi connectivity index (χ1v) is 10.4. The maximum atomic E-state index is 14.3. The molecule has 0 atom stereocenters. The third-order valence-electron chi connectivity index (χ3n) is 4.79. The van der Waals surface area contributed by atoms with Gasteiger partial charge in [-0.2, -0.15) is 0 Å². The topological polar surface area (TPSA) is 43.8 Å². The number of rotatable bonds is 6.